The van der Waals surface area contributed by atoms with E-state index < -0.39 is 29.5 Å². The van der Waals surface area contributed by atoms with Crippen LogP contribution in [0.5, 0.6) is 0 Å². The van der Waals surface area contributed by atoms with E-state index in [1.807, 2.05) is 5.32 Å². The lowest BCUT2D eigenvalue weighted by Gasteiger charge is -2.28. The smallest absolute Gasteiger partial charge is 0.471 e. The van der Waals surface area contributed by atoms with E-state index in [4.69, 9.17) is 5.11 Å². The summed E-state index contributed by atoms with van der Waals surface area (Å²) in [4.78, 5) is 22.1. The molecule has 0 heterocycles. The zero-order chi connectivity index (χ0) is 16.0. The number of carboxylic acids is 1. The van der Waals surface area contributed by atoms with Crippen LogP contribution in [0.3, 0.4) is 0 Å². The van der Waals surface area contributed by atoms with Gasteiger partial charge in [0.1, 0.15) is 0 Å². The number of carbonyl (C=O) groups is 2. The number of carbonyl (C=O) groups excluding carboxylic acids is 1. The molecule has 114 valence electrons. The van der Waals surface area contributed by atoms with Gasteiger partial charge in [0.15, 0.2) is 0 Å². The maximum Gasteiger partial charge on any atom is 0.471 e. The Morgan fingerprint density at radius 2 is 1.95 bits per heavy atom. The molecule has 0 fully saturated rings. The van der Waals surface area contributed by atoms with Gasteiger partial charge >= 0.3 is 18.1 Å². The highest BCUT2D eigenvalue weighted by Crippen LogP contribution is 2.45. The highest BCUT2D eigenvalue weighted by molar-refractivity contribution is 5.88. The average molecular weight is 301 g/mol. The zero-order valence-electron chi connectivity index (χ0n) is 11.4. The van der Waals surface area contributed by atoms with Crippen molar-refractivity contribution in [3.8, 4) is 0 Å². The Kier molecular flexibility index (Phi) is 3.47. The fraction of sp³-hybridized carbons (Fsp3) is 0.429. The molecule has 0 saturated heterocycles. The van der Waals surface area contributed by atoms with Crippen LogP contribution in [0.4, 0.5) is 13.2 Å². The van der Waals surface area contributed by atoms with E-state index >= 15 is 0 Å². The predicted octanol–water partition coefficient (Wildman–Crippen LogP) is 2.69. The van der Waals surface area contributed by atoms with Crippen molar-refractivity contribution in [3.63, 3.8) is 0 Å². The molecule has 1 aliphatic carbocycles. The van der Waals surface area contributed by atoms with Crippen LogP contribution in [-0.2, 0) is 11.2 Å². The first kappa shape index (κ1) is 15.3. The van der Waals surface area contributed by atoms with Gasteiger partial charge in [0, 0.05) is 0 Å². The highest BCUT2D eigenvalue weighted by atomic mass is 19.4. The molecule has 1 atom stereocenters. The number of amides is 1. The second-order valence-corrected chi connectivity index (χ2v) is 5.79. The van der Waals surface area contributed by atoms with Gasteiger partial charge in [0.25, 0.3) is 0 Å². The first-order chi connectivity index (χ1) is 9.52. The van der Waals surface area contributed by atoms with Crippen molar-refractivity contribution in [3.05, 3.63) is 34.9 Å². The van der Waals surface area contributed by atoms with E-state index in [2.05, 4.69) is 0 Å². The third-order valence-electron chi connectivity index (χ3n) is 3.66. The Bertz CT molecular complexity index is 608. The third kappa shape index (κ3) is 2.86. The monoisotopic (exact) mass is 301 g/mol. The van der Waals surface area contributed by atoms with E-state index in [-0.39, 0.29) is 5.56 Å². The molecule has 0 spiro atoms. The summed E-state index contributed by atoms with van der Waals surface area (Å²) in [5.74, 6) is -3.09. The fourth-order valence-electron chi connectivity index (χ4n) is 2.67. The maximum absolute atomic E-state index is 12.4. The number of hydrogen-bond acceptors (Lipinski definition) is 2. The minimum Gasteiger partial charge on any atom is -0.478 e. The molecular formula is C14H14F3NO3. The molecule has 7 heteroatoms. The summed E-state index contributed by atoms with van der Waals surface area (Å²) in [5, 5.41) is 10.9. The molecule has 1 aromatic rings. The normalized spacial score (nSPS) is 20.0. The van der Waals surface area contributed by atoms with Gasteiger partial charge in [-0.1, -0.05) is 19.9 Å². The topological polar surface area (TPSA) is 66.4 Å². The van der Waals surface area contributed by atoms with Gasteiger partial charge in [-0.05, 0) is 35.1 Å². The number of benzene rings is 1. The number of hydrogen-bond donors (Lipinski definition) is 2. The van der Waals surface area contributed by atoms with Gasteiger partial charge in [-0.25, -0.2) is 4.79 Å². The maximum atomic E-state index is 12.4. The average Bonchev–Trinajstić information content (AvgIpc) is 2.58. The highest BCUT2D eigenvalue weighted by Gasteiger charge is 2.45. The summed E-state index contributed by atoms with van der Waals surface area (Å²) in [6.45, 7) is 3.46. The second-order valence-electron chi connectivity index (χ2n) is 5.79. The molecule has 0 aromatic heterocycles. The second kappa shape index (κ2) is 4.75. The van der Waals surface area contributed by atoms with Crippen molar-refractivity contribution >= 4 is 11.9 Å². The van der Waals surface area contributed by atoms with Crippen molar-refractivity contribution in [2.24, 2.45) is 5.41 Å². The zero-order valence-corrected chi connectivity index (χ0v) is 11.4. The lowest BCUT2D eigenvalue weighted by atomic mass is 9.85. The van der Waals surface area contributed by atoms with E-state index in [9.17, 15) is 22.8 Å². The lowest BCUT2D eigenvalue weighted by molar-refractivity contribution is -0.175. The number of fused-ring (bicyclic) bond motifs is 1. The van der Waals surface area contributed by atoms with Crippen LogP contribution >= 0.6 is 0 Å². The Balaban J connectivity index is 2.36. The summed E-state index contributed by atoms with van der Waals surface area (Å²) >= 11 is 0. The minimum atomic E-state index is -4.94. The minimum absolute atomic E-state index is 0.0762. The molecule has 1 unspecified atom stereocenters. The molecule has 21 heavy (non-hydrogen) atoms. The van der Waals surface area contributed by atoms with Gasteiger partial charge < -0.3 is 10.4 Å². The SMILES string of the molecule is CC1(C)Cc2cc(C(=O)O)ccc2C1NC(=O)C(F)(F)F. The van der Waals surface area contributed by atoms with Crippen LogP contribution in [0.25, 0.3) is 0 Å². The molecule has 2 rings (SSSR count). The summed E-state index contributed by atoms with van der Waals surface area (Å²) in [5.41, 5.74) is 0.628. The van der Waals surface area contributed by atoms with Crippen LogP contribution in [0.15, 0.2) is 18.2 Å². The fourth-order valence-corrected chi connectivity index (χ4v) is 2.67. The number of carboxylic acid groups (broad SMARTS) is 1. The van der Waals surface area contributed by atoms with Gasteiger partial charge in [-0.3, -0.25) is 4.79 Å². The van der Waals surface area contributed by atoms with Crippen molar-refractivity contribution in [2.45, 2.75) is 32.5 Å². The number of aromatic carboxylic acids is 1. The molecule has 0 bridgehead atoms. The lowest BCUT2D eigenvalue weighted by Crippen LogP contribution is -2.42. The molecule has 0 radical (unpaired) electrons. The van der Waals surface area contributed by atoms with E-state index in [1.165, 1.54) is 18.2 Å². The van der Waals surface area contributed by atoms with Gasteiger partial charge in [0.05, 0.1) is 11.6 Å². The molecule has 0 saturated carbocycles. The number of nitrogens with one attached hydrogen (secondary N) is 1. The molecule has 1 amide bonds. The largest absolute Gasteiger partial charge is 0.478 e. The van der Waals surface area contributed by atoms with Crippen molar-refractivity contribution < 1.29 is 27.9 Å². The van der Waals surface area contributed by atoms with Gasteiger partial charge in [0.2, 0.25) is 0 Å². The predicted molar refractivity (Wildman–Crippen MR) is 67.8 cm³/mol. The quantitative estimate of drug-likeness (QED) is 0.882. The standard InChI is InChI=1S/C14H14F3NO3/c1-13(2)6-8-5-7(11(19)20)3-4-9(8)10(13)18-12(21)14(15,16)17/h3-5,10H,6H2,1-2H3,(H,18,21)(H,19,20). The summed E-state index contributed by atoms with van der Waals surface area (Å²) in [6, 6.07) is 3.44. The number of halogens is 3. The van der Waals surface area contributed by atoms with E-state index in [0.29, 0.717) is 17.5 Å². The van der Waals surface area contributed by atoms with Crippen LogP contribution in [-0.4, -0.2) is 23.2 Å². The van der Waals surface area contributed by atoms with Crippen molar-refractivity contribution in [2.75, 3.05) is 0 Å². The summed E-state index contributed by atoms with van der Waals surface area (Å²) < 4.78 is 37.2. The Hall–Kier alpha value is -2.05. The van der Waals surface area contributed by atoms with Crippen molar-refractivity contribution in [1.29, 1.82) is 0 Å². The molecule has 0 aliphatic heterocycles. The first-order valence-electron chi connectivity index (χ1n) is 6.26. The molecule has 1 aromatic carbocycles. The Labute approximate surface area is 119 Å². The van der Waals surface area contributed by atoms with Gasteiger partial charge in [-0.2, -0.15) is 13.2 Å². The molecule has 4 nitrogen and oxygen atoms in total. The summed E-state index contributed by atoms with van der Waals surface area (Å²) in [6.07, 6.45) is -4.55. The molecule has 1 aliphatic rings. The van der Waals surface area contributed by atoms with E-state index in [0.717, 1.165) is 0 Å². The Morgan fingerprint density at radius 3 is 2.48 bits per heavy atom. The first-order valence-corrected chi connectivity index (χ1v) is 6.26. The van der Waals surface area contributed by atoms with Crippen LogP contribution < -0.4 is 5.32 Å². The Morgan fingerprint density at radius 1 is 1.33 bits per heavy atom. The van der Waals surface area contributed by atoms with Crippen LogP contribution in [0.1, 0.15) is 41.4 Å². The van der Waals surface area contributed by atoms with Crippen LogP contribution in [0.2, 0.25) is 0 Å². The number of rotatable bonds is 2. The van der Waals surface area contributed by atoms with E-state index in [1.54, 1.807) is 13.8 Å². The summed E-state index contributed by atoms with van der Waals surface area (Å²) in [7, 11) is 0. The van der Waals surface area contributed by atoms with Crippen LogP contribution in [0, 0.1) is 5.41 Å². The number of alkyl halides is 3. The van der Waals surface area contributed by atoms with Gasteiger partial charge in [-0.15, -0.1) is 0 Å². The third-order valence-corrected chi connectivity index (χ3v) is 3.66. The molecule has 2 N–H and O–H groups in total. The van der Waals surface area contributed by atoms with Crippen molar-refractivity contribution in [1.82, 2.24) is 5.32 Å². The molecular weight excluding hydrogens is 287 g/mol.